The van der Waals surface area contributed by atoms with Gasteiger partial charge in [0, 0.05) is 0 Å². The van der Waals surface area contributed by atoms with E-state index >= 15 is 0 Å². The van der Waals surface area contributed by atoms with Crippen LogP contribution < -0.4 is 5.32 Å². The van der Waals surface area contributed by atoms with Crippen molar-refractivity contribution in [2.24, 2.45) is 0 Å². The number of hydrogen-bond donors (Lipinski definition) is 1. The van der Waals surface area contributed by atoms with Crippen LogP contribution in [0.15, 0.2) is 42.5 Å². The highest BCUT2D eigenvalue weighted by atomic mass is 32.1. The summed E-state index contributed by atoms with van der Waals surface area (Å²) in [5.74, 6) is -0.123. The van der Waals surface area contributed by atoms with E-state index in [-0.39, 0.29) is 17.7 Å². The average molecular weight is 301 g/mol. The predicted octanol–water partition coefficient (Wildman–Crippen LogP) is 4.22. The number of carbonyl (C=O) groups is 2. The zero-order chi connectivity index (χ0) is 15.2. The third-order valence-corrected chi connectivity index (χ3v) is 4.45. The van der Waals surface area contributed by atoms with Crippen LogP contribution in [0.25, 0.3) is 0 Å². The average Bonchev–Trinajstić information content (AvgIpc) is 2.98. The molecule has 0 unspecified atom stereocenters. The van der Waals surface area contributed by atoms with Gasteiger partial charge in [-0.15, -0.1) is 11.3 Å². The van der Waals surface area contributed by atoms with Gasteiger partial charge < -0.3 is 5.32 Å². The number of Topliss-reactive ketones (excluding diaryl/α,β-unsaturated/α-hetero) is 1. The van der Waals surface area contributed by atoms with Gasteiger partial charge in [0.1, 0.15) is 0 Å². The summed E-state index contributed by atoms with van der Waals surface area (Å²) in [6.45, 7) is 3.61. The van der Waals surface area contributed by atoms with E-state index in [1.54, 1.807) is 12.1 Å². The molecule has 0 fully saturated rings. The zero-order valence-corrected chi connectivity index (χ0v) is 13.1. The fourth-order valence-electron chi connectivity index (χ4n) is 2.17. The van der Waals surface area contributed by atoms with Gasteiger partial charge >= 0.3 is 0 Å². The summed E-state index contributed by atoms with van der Waals surface area (Å²) >= 11 is 1.24. The molecule has 1 N–H and O–H groups in total. The molecule has 0 spiro atoms. The van der Waals surface area contributed by atoms with Crippen molar-refractivity contribution in [3.05, 3.63) is 57.8 Å². The van der Waals surface area contributed by atoms with E-state index in [4.69, 9.17) is 0 Å². The zero-order valence-electron chi connectivity index (χ0n) is 12.3. The number of carbonyl (C=O) groups excluding carboxylic acids is 2. The Morgan fingerprint density at radius 1 is 1.10 bits per heavy atom. The molecular formula is C17H19NO2S. The Balaban J connectivity index is 2.12. The third-order valence-electron chi connectivity index (χ3n) is 3.26. The smallest absolute Gasteiger partial charge is 0.261 e. The van der Waals surface area contributed by atoms with Gasteiger partial charge in [0.05, 0.1) is 15.8 Å². The molecule has 1 aromatic heterocycles. The van der Waals surface area contributed by atoms with Crippen molar-refractivity contribution in [2.75, 3.05) is 0 Å². The minimum absolute atomic E-state index is 0.00609. The lowest BCUT2D eigenvalue weighted by Crippen LogP contribution is -2.27. The molecule has 1 heterocycles. The van der Waals surface area contributed by atoms with Crippen molar-refractivity contribution in [3.8, 4) is 0 Å². The minimum atomic E-state index is -0.116. The van der Waals surface area contributed by atoms with Crippen LogP contribution in [0, 0.1) is 0 Å². The summed E-state index contributed by atoms with van der Waals surface area (Å²) in [5.41, 5.74) is 1.11. The van der Waals surface area contributed by atoms with Crippen LogP contribution in [0.5, 0.6) is 0 Å². The van der Waals surface area contributed by atoms with E-state index < -0.39 is 0 Å². The van der Waals surface area contributed by atoms with Gasteiger partial charge in [0.2, 0.25) is 0 Å². The molecule has 3 nitrogen and oxygen atoms in total. The van der Waals surface area contributed by atoms with Crippen LogP contribution in [0.1, 0.15) is 57.6 Å². The molecule has 0 aliphatic rings. The number of benzene rings is 1. The second-order valence-corrected chi connectivity index (χ2v) is 6.03. The molecule has 0 aliphatic heterocycles. The molecule has 0 bridgehead atoms. The van der Waals surface area contributed by atoms with Crippen LogP contribution in [-0.2, 0) is 0 Å². The van der Waals surface area contributed by atoms with Crippen molar-refractivity contribution in [1.82, 2.24) is 5.32 Å². The van der Waals surface area contributed by atoms with Crippen molar-refractivity contribution < 1.29 is 9.59 Å². The Labute approximate surface area is 129 Å². The van der Waals surface area contributed by atoms with Gasteiger partial charge in [0.25, 0.3) is 5.91 Å². The Kier molecular flexibility index (Phi) is 5.28. The molecule has 1 atom stereocenters. The van der Waals surface area contributed by atoms with Crippen molar-refractivity contribution in [1.29, 1.82) is 0 Å². The highest BCUT2D eigenvalue weighted by Crippen LogP contribution is 2.21. The second-order valence-electron chi connectivity index (χ2n) is 4.95. The third kappa shape index (κ3) is 4.02. The molecule has 21 heavy (non-hydrogen) atoms. The highest BCUT2D eigenvalue weighted by Gasteiger charge is 2.17. The normalized spacial score (nSPS) is 11.9. The molecular weight excluding hydrogens is 282 g/mol. The first-order valence-corrected chi connectivity index (χ1v) is 7.90. The van der Waals surface area contributed by atoms with Crippen LogP contribution >= 0.6 is 11.3 Å². The van der Waals surface area contributed by atoms with E-state index in [0.717, 1.165) is 18.4 Å². The SMILES string of the molecule is CCC[C@@H](NC(=O)c1ccc(C(C)=O)s1)c1ccccc1. The maximum absolute atomic E-state index is 12.3. The van der Waals surface area contributed by atoms with Crippen molar-refractivity contribution in [2.45, 2.75) is 32.7 Å². The lowest BCUT2D eigenvalue weighted by atomic mass is 10.0. The van der Waals surface area contributed by atoms with Gasteiger partial charge in [-0.2, -0.15) is 0 Å². The first-order valence-electron chi connectivity index (χ1n) is 7.08. The van der Waals surface area contributed by atoms with Gasteiger partial charge in [-0.25, -0.2) is 0 Å². The molecule has 0 saturated carbocycles. The number of nitrogens with one attached hydrogen (secondary N) is 1. The lowest BCUT2D eigenvalue weighted by molar-refractivity contribution is 0.0938. The molecule has 1 amide bonds. The molecule has 4 heteroatoms. The Hall–Kier alpha value is -1.94. The van der Waals surface area contributed by atoms with E-state index in [2.05, 4.69) is 12.2 Å². The number of ketones is 1. The summed E-state index contributed by atoms with van der Waals surface area (Å²) in [4.78, 5) is 24.8. The van der Waals surface area contributed by atoms with Gasteiger partial charge in [-0.1, -0.05) is 43.7 Å². The number of thiophene rings is 1. The molecule has 0 radical (unpaired) electrons. The van der Waals surface area contributed by atoms with Gasteiger partial charge in [-0.3, -0.25) is 9.59 Å². The van der Waals surface area contributed by atoms with Crippen LogP contribution in [-0.4, -0.2) is 11.7 Å². The Morgan fingerprint density at radius 2 is 1.76 bits per heavy atom. The van der Waals surface area contributed by atoms with E-state index in [0.29, 0.717) is 9.75 Å². The molecule has 2 aromatic rings. The molecule has 0 saturated heterocycles. The van der Waals surface area contributed by atoms with Gasteiger partial charge in [-0.05, 0) is 31.0 Å². The summed E-state index contributed by atoms with van der Waals surface area (Å²) in [6, 6.07) is 13.4. The summed E-state index contributed by atoms with van der Waals surface area (Å²) in [6.07, 6.45) is 1.88. The van der Waals surface area contributed by atoms with Crippen molar-refractivity contribution >= 4 is 23.0 Å². The Bertz CT molecular complexity index is 619. The first kappa shape index (κ1) is 15.4. The molecule has 1 aromatic carbocycles. The maximum atomic E-state index is 12.3. The monoisotopic (exact) mass is 301 g/mol. The fraction of sp³-hybridized carbons (Fsp3) is 0.294. The van der Waals surface area contributed by atoms with Gasteiger partial charge in [0.15, 0.2) is 5.78 Å². The largest absolute Gasteiger partial charge is 0.345 e. The van der Waals surface area contributed by atoms with Crippen LogP contribution in [0.4, 0.5) is 0 Å². The molecule has 2 rings (SSSR count). The fourth-order valence-corrected chi connectivity index (χ4v) is 2.98. The maximum Gasteiger partial charge on any atom is 0.261 e. The number of amides is 1. The molecule has 110 valence electrons. The van der Waals surface area contributed by atoms with E-state index in [1.165, 1.54) is 18.3 Å². The highest BCUT2D eigenvalue weighted by molar-refractivity contribution is 7.15. The Morgan fingerprint density at radius 3 is 2.33 bits per heavy atom. The molecule has 0 aliphatic carbocycles. The second kappa shape index (κ2) is 7.18. The first-order chi connectivity index (χ1) is 10.1. The number of rotatable bonds is 6. The summed E-state index contributed by atoms with van der Waals surface area (Å²) in [7, 11) is 0. The number of hydrogen-bond acceptors (Lipinski definition) is 3. The predicted molar refractivity (Wildman–Crippen MR) is 85.9 cm³/mol. The standard InChI is InChI=1S/C17H19NO2S/c1-3-7-14(13-8-5-4-6-9-13)18-17(20)16-11-10-15(21-16)12(2)19/h4-6,8-11,14H,3,7H2,1-2H3,(H,18,20)/t14-/m1/s1. The summed E-state index contributed by atoms with van der Waals surface area (Å²) in [5, 5.41) is 3.06. The lowest BCUT2D eigenvalue weighted by Gasteiger charge is -2.18. The topological polar surface area (TPSA) is 46.2 Å². The van der Waals surface area contributed by atoms with E-state index in [9.17, 15) is 9.59 Å². The van der Waals surface area contributed by atoms with Crippen LogP contribution in [0.2, 0.25) is 0 Å². The quantitative estimate of drug-likeness (QED) is 0.812. The van der Waals surface area contributed by atoms with E-state index in [1.807, 2.05) is 30.3 Å². The summed E-state index contributed by atoms with van der Waals surface area (Å²) < 4.78 is 0. The van der Waals surface area contributed by atoms with Crippen LogP contribution in [0.3, 0.4) is 0 Å². The minimum Gasteiger partial charge on any atom is -0.345 e. The van der Waals surface area contributed by atoms with Crippen molar-refractivity contribution in [3.63, 3.8) is 0 Å².